The molecule has 0 aromatic rings. The summed E-state index contributed by atoms with van der Waals surface area (Å²) < 4.78 is 9.48. The normalized spacial score (nSPS) is 17.2. The van der Waals surface area contributed by atoms with Gasteiger partial charge in [0, 0.05) is 19.6 Å². The van der Waals surface area contributed by atoms with Crippen LogP contribution in [0.5, 0.6) is 0 Å². The van der Waals surface area contributed by atoms with Crippen molar-refractivity contribution in [3.8, 4) is 0 Å². The summed E-state index contributed by atoms with van der Waals surface area (Å²) in [6.45, 7) is 7.95. The van der Waals surface area contributed by atoms with Crippen molar-refractivity contribution in [2.24, 2.45) is 0 Å². The maximum absolute atomic E-state index is 11.3. The minimum Gasteiger partial charge on any atom is -0.418 e. The fourth-order valence-electron chi connectivity index (χ4n) is 1.21. The molecular formula is C12H23NO4. The number of ether oxygens (including phenoxy) is 2. The first-order valence-corrected chi connectivity index (χ1v) is 6.01. The lowest BCUT2D eigenvalue weighted by Gasteiger charge is -2.16. The molecule has 5 heteroatoms. The molecule has 1 aliphatic rings. The number of nitrogens with one attached hydrogen (secondary N) is 1. The van der Waals surface area contributed by atoms with Gasteiger partial charge in [-0.05, 0) is 12.8 Å². The largest absolute Gasteiger partial charge is 0.418 e. The van der Waals surface area contributed by atoms with E-state index in [1.807, 2.05) is 27.7 Å². The molecule has 0 saturated carbocycles. The van der Waals surface area contributed by atoms with Crippen LogP contribution in [-0.4, -0.2) is 24.4 Å². The van der Waals surface area contributed by atoms with Crippen LogP contribution in [0, 0.1) is 0 Å². The lowest BCUT2D eigenvalue weighted by molar-refractivity contribution is -0.150. The summed E-state index contributed by atoms with van der Waals surface area (Å²) in [6, 6.07) is 0.0959. The first-order valence-electron chi connectivity index (χ1n) is 6.01. The molecular weight excluding hydrogens is 222 g/mol. The van der Waals surface area contributed by atoms with Crippen LogP contribution < -0.4 is 5.32 Å². The fourth-order valence-corrected chi connectivity index (χ4v) is 1.21. The standard InChI is InChI=1S/C10H15NO4.C2H6.H2/c1-3-7(4-2)11-10(13)15-9-6-5-8(12)14-9;1-2;/h5-7,9H,3-4H2,1-2H3,(H,11,13);1-2H3;1H. The Bertz CT molecular complexity index is 277. The van der Waals surface area contributed by atoms with Crippen molar-refractivity contribution in [3.05, 3.63) is 12.2 Å². The Morgan fingerprint density at radius 2 is 2.12 bits per heavy atom. The molecule has 1 heterocycles. The van der Waals surface area contributed by atoms with Crippen LogP contribution >= 0.6 is 0 Å². The minimum absolute atomic E-state index is 0. The molecule has 1 aliphatic heterocycles. The van der Waals surface area contributed by atoms with Gasteiger partial charge in [-0.2, -0.15) is 0 Å². The molecule has 100 valence electrons. The maximum atomic E-state index is 11.3. The zero-order chi connectivity index (χ0) is 13.3. The monoisotopic (exact) mass is 245 g/mol. The Kier molecular flexibility index (Phi) is 7.84. The van der Waals surface area contributed by atoms with Crippen molar-refractivity contribution in [3.63, 3.8) is 0 Å². The average Bonchev–Trinajstić information content (AvgIpc) is 2.74. The zero-order valence-corrected chi connectivity index (χ0v) is 10.9. The summed E-state index contributed by atoms with van der Waals surface area (Å²) in [5.41, 5.74) is 0. The first kappa shape index (κ1) is 15.5. The van der Waals surface area contributed by atoms with Crippen molar-refractivity contribution < 1.29 is 20.5 Å². The highest BCUT2D eigenvalue weighted by Gasteiger charge is 2.21. The van der Waals surface area contributed by atoms with Crippen molar-refractivity contribution in [1.82, 2.24) is 5.32 Å². The van der Waals surface area contributed by atoms with E-state index in [9.17, 15) is 9.59 Å². The maximum Gasteiger partial charge on any atom is 0.410 e. The second-order valence-corrected chi connectivity index (χ2v) is 3.23. The quantitative estimate of drug-likeness (QED) is 0.773. The zero-order valence-electron chi connectivity index (χ0n) is 10.9. The fraction of sp³-hybridized carbons (Fsp3) is 0.667. The van der Waals surface area contributed by atoms with Crippen molar-refractivity contribution in [1.29, 1.82) is 0 Å². The van der Waals surface area contributed by atoms with E-state index >= 15 is 0 Å². The number of carbonyl (C=O) groups excluding carboxylic acids is 2. The summed E-state index contributed by atoms with van der Waals surface area (Å²) in [5, 5.41) is 2.67. The number of rotatable bonds is 4. The van der Waals surface area contributed by atoms with Crippen molar-refractivity contribution >= 4 is 12.1 Å². The van der Waals surface area contributed by atoms with Crippen LogP contribution in [0.25, 0.3) is 0 Å². The van der Waals surface area contributed by atoms with Crippen LogP contribution in [0.4, 0.5) is 4.79 Å². The molecule has 1 rings (SSSR count). The summed E-state index contributed by atoms with van der Waals surface area (Å²) in [4.78, 5) is 21.9. The SMILES string of the molecule is CC.CCC(CC)NC(=O)OC1C=CC(=O)O1.[HH]. The third-order valence-electron chi connectivity index (χ3n) is 2.15. The van der Waals surface area contributed by atoms with Gasteiger partial charge in [0.25, 0.3) is 6.29 Å². The molecule has 0 fully saturated rings. The van der Waals surface area contributed by atoms with E-state index in [4.69, 9.17) is 4.74 Å². The Morgan fingerprint density at radius 1 is 1.53 bits per heavy atom. The second kappa shape index (κ2) is 8.61. The van der Waals surface area contributed by atoms with E-state index in [-0.39, 0.29) is 7.47 Å². The highest BCUT2D eigenvalue weighted by atomic mass is 16.7. The van der Waals surface area contributed by atoms with Gasteiger partial charge in [-0.3, -0.25) is 0 Å². The minimum atomic E-state index is -0.883. The molecule has 0 aromatic heterocycles. The molecule has 1 N–H and O–H groups in total. The molecule has 1 unspecified atom stereocenters. The predicted octanol–water partition coefficient (Wildman–Crippen LogP) is 2.61. The molecule has 1 atom stereocenters. The molecule has 0 aliphatic carbocycles. The highest BCUT2D eigenvalue weighted by molar-refractivity contribution is 5.84. The lowest BCUT2D eigenvalue weighted by atomic mass is 10.2. The molecule has 1 amide bonds. The van der Waals surface area contributed by atoms with Crippen molar-refractivity contribution in [2.75, 3.05) is 0 Å². The smallest absolute Gasteiger partial charge is 0.410 e. The lowest BCUT2D eigenvalue weighted by Crippen LogP contribution is -2.36. The van der Waals surface area contributed by atoms with E-state index in [1.165, 1.54) is 12.2 Å². The van der Waals surface area contributed by atoms with Crippen LogP contribution in [0.15, 0.2) is 12.2 Å². The molecule has 0 radical (unpaired) electrons. The van der Waals surface area contributed by atoms with E-state index in [1.54, 1.807) is 0 Å². The van der Waals surface area contributed by atoms with E-state index in [0.29, 0.717) is 0 Å². The second-order valence-electron chi connectivity index (χ2n) is 3.23. The van der Waals surface area contributed by atoms with Crippen LogP contribution in [0.3, 0.4) is 0 Å². The van der Waals surface area contributed by atoms with Gasteiger partial charge in [0.1, 0.15) is 0 Å². The molecule has 17 heavy (non-hydrogen) atoms. The Hall–Kier alpha value is -1.52. The van der Waals surface area contributed by atoms with Gasteiger partial charge in [-0.15, -0.1) is 0 Å². The van der Waals surface area contributed by atoms with Gasteiger partial charge >= 0.3 is 12.1 Å². The van der Waals surface area contributed by atoms with Crippen LogP contribution in [-0.2, 0) is 14.3 Å². The number of alkyl carbamates (subject to hydrolysis) is 1. The highest BCUT2D eigenvalue weighted by Crippen LogP contribution is 2.07. The third kappa shape index (κ3) is 5.94. The van der Waals surface area contributed by atoms with Crippen molar-refractivity contribution in [2.45, 2.75) is 52.9 Å². The third-order valence-corrected chi connectivity index (χ3v) is 2.15. The van der Waals surface area contributed by atoms with Gasteiger partial charge in [0.15, 0.2) is 0 Å². The number of esters is 1. The Morgan fingerprint density at radius 3 is 2.53 bits per heavy atom. The van der Waals surface area contributed by atoms with Gasteiger partial charge in [0.05, 0.1) is 0 Å². The number of carbonyl (C=O) groups is 2. The topological polar surface area (TPSA) is 64.6 Å². The number of hydrogen-bond donors (Lipinski definition) is 1. The van der Waals surface area contributed by atoms with Gasteiger partial charge in [0.2, 0.25) is 0 Å². The Labute approximate surface area is 104 Å². The molecule has 5 nitrogen and oxygen atoms in total. The first-order chi connectivity index (χ1) is 8.15. The molecule has 0 bridgehead atoms. The Balaban J connectivity index is 0. The average molecular weight is 245 g/mol. The molecule has 0 aromatic carbocycles. The van der Waals surface area contributed by atoms with Crippen LogP contribution in [0.1, 0.15) is 42.0 Å². The van der Waals surface area contributed by atoms with Gasteiger partial charge in [-0.25, -0.2) is 9.59 Å². The van der Waals surface area contributed by atoms with E-state index in [0.717, 1.165) is 12.8 Å². The van der Waals surface area contributed by atoms with Gasteiger partial charge in [-0.1, -0.05) is 27.7 Å². The van der Waals surface area contributed by atoms with Gasteiger partial charge < -0.3 is 14.8 Å². The summed E-state index contributed by atoms with van der Waals surface area (Å²) >= 11 is 0. The van der Waals surface area contributed by atoms with E-state index in [2.05, 4.69) is 10.1 Å². The predicted molar refractivity (Wildman–Crippen MR) is 66.5 cm³/mol. The van der Waals surface area contributed by atoms with Crippen LogP contribution in [0.2, 0.25) is 0 Å². The summed E-state index contributed by atoms with van der Waals surface area (Å²) in [6.07, 6.45) is 2.86. The number of amides is 1. The number of cyclic esters (lactones) is 1. The number of hydrogen-bond acceptors (Lipinski definition) is 4. The summed E-state index contributed by atoms with van der Waals surface area (Å²) in [5.74, 6) is -0.490. The molecule has 0 spiro atoms. The molecule has 0 saturated heterocycles. The summed E-state index contributed by atoms with van der Waals surface area (Å²) in [7, 11) is 0. The van der Waals surface area contributed by atoms with E-state index < -0.39 is 18.4 Å².